The molecule has 1 aromatic rings. The van der Waals surface area contributed by atoms with Gasteiger partial charge >= 0.3 is 0 Å². The van der Waals surface area contributed by atoms with Gasteiger partial charge in [-0.3, -0.25) is 0 Å². The van der Waals surface area contributed by atoms with Crippen LogP contribution < -0.4 is 5.06 Å². The smallest absolute Gasteiger partial charge is 0.131 e. The molecule has 60 valence electrons. The number of rotatable bonds is 1. The molecule has 0 amide bonds. The topological polar surface area (TPSA) is 27.5 Å². The van der Waals surface area contributed by atoms with Crippen LogP contribution in [0.2, 0.25) is 0 Å². The molecule has 0 saturated heterocycles. The van der Waals surface area contributed by atoms with Crippen molar-refractivity contribution in [2.24, 2.45) is 0 Å². The predicted octanol–water partition coefficient (Wildman–Crippen LogP) is 0.947. The first-order valence-corrected chi connectivity index (χ1v) is 3.69. The minimum atomic E-state index is 0.136. The van der Waals surface area contributed by atoms with Gasteiger partial charge in [0.15, 0.2) is 0 Å². The van der Waals surface area contributed by atoms with Gasteiger partial charge in [-0.2, -0.15) is 0 Å². The normalized spacial score (nSPS) is 13.1. The average Bonchev–Trinajstić information content (AvgIpc) is 1.85. The molecule has 1 aromatic carbocycles. The fraction of sp³-hybridized carbons (Fsp3) is 0.333. The second kappa shape index (κ2) is 3.03. The lowest BCUT2D eigenvalue weighted by Crippen LogP contribution is -2.98. The van der Waals surface area contributed by atoms with E-state index in [0.717, 1.165) is 16.8 Å². The summed E-state index contributed by atoms with van der Waals surface area (Å²) in [6.45, 7) is 4.00. The van der Waals surface area contributed by atoms with E-state index in [1.165, 1.54) is 0 Å². The van der Waals surface area contributed by atoms with E-state index in [1.54, 1.807) is 7.05 Å². The highest BCUT2D eigenvalue weighted by Crippen LogP contribution is 2.08. The first-order chi connectivity index (χ1) is 5.09. The Morgan fingerprint density at radius 2 is 1.55 bits per heavy atom. The van der Waals surface area contributed by atoms with Gasteiger partial charge in [0.2, 0.25) is 0 Å². The molecule has 0 heterocycles. The Kier molecular flexibility index (Phi) is 2.27. The molecule has 1 N–H and O–H groups in total. The second-order valence-electron chi connectivity index (χ2n) is 2.93. The maximum Gasteiger partial charge on any atom is 0.131 e. The van der Waals surface area contributed by atoms with Crippen LogP contribution in [0.1, 0.15) is 11.1 Å². The zero-order valence-corrected chi connectivity index (χ0v) is 7.14. The van der Waals surface area contributed by atoms with Crippen molar-refractivity contribution in [1.82, 2.24) is 0 Å². The summed E-state index contributed by atoms with van der Waals surface area (Å²) in [5, 5.41) is 11.1. The van der Waals surface area contributed by atoms with E-state index < -0.39 is 0 Å². The molecule has 1 unspecified atom stereocenters. The van der Waals surface area contributed by atoms with Crippen LogP contribution in [0.4, 0.5) is 5.69 Å². The lowest BCUT2D eigenvalue weighted by atomic mass is 10.1. The average molecular weight is 151 g/mol. The van der Waals surface area contributed by atoms with Gasteiger partial charge in [0.25, 0.3) is 0 Å². The van der Waals surface area contributed by atoms with Crippen LogP contribution in [0.3, 0.4) is 0 Å². The maximum absolute atomic E-state index is 10.9. The van der Waals surface area contributed by atoms with E-state index >= 15 is 0 Å². The Morgan fingerprint density at radius 3 is 1.91 bits per heavy atom. The summed E-state index contributed by atoms with van der Waals surface area (Å²) < 4.78 is 0. The lowest BCUT2D eigenvalue weighted by molar-refractivity contribution is -0.751. The minimum absolute atomic E-state index is 0.136. The van der Waals surface area contributed by atoms with Crippen molar-refractivity contribution >= 4 is 5.69 Å². The second-order valence-corrected chi connectivity index (χ2v) is 2.93. The molecular formula is C9H13NO. The molecule has 1 atom stereocenters. The largest absolute Gasteiger partial charge is 0.629 e. The number of hydroxylamine groups is 1. The van der Waals surface area contributed by atoms with Crippen LogP contribution in [-0.2, 0) is 0 Å². The van der Waals surface area contributed by atoms with Crippen molar-refractivity contribution in [3.63, 3.8) is 0 Å². The number of hydrogen-bond acceptors (Lipinski definition) is 1. The third kappa shape index (κ3) is 2.03. The monoisotopic (exact) mass is 151 g/mol. The van der Waals surface area contributed by atoms with Crippen LogP contribution in [0, 0.1) is 19.1 Å². The Labute approximate surface area is 67.0 Å². The molecule has 2 heteroatoms. The van der Waals surface area contributed by atoms with E-state index in [1.807, 2.05) is 26.0 Å². The summed E-state index contributed by atoms with van der Waals surface area (Å²) in [4.78, 5) is 0. The summed E-state index contributed by atoms with van der Waals surface area (Å²) in [5.41, 5.74) is 3.10. The molecule has 0 saturated carbocycles. The van der Waals surface area contributed by atoms with Crippen LogP contribution >= 0.6 is 0 Å². The first kappa shape index (κ1) is 8.24. The van der Waals surface area contributed by atoms with Gasteiger partial charge < -0.3 is 10.3 Å². The molecular weight excluding hydrogens is 138 g/mol. The molecule has 0 aliphatic rings. The quantitative estimate of drug-likeness (QED) is 0.594. The molecule has 0 aliphatic carbocycles. The highest BCUT2D eigenvalue weighted by molar-refractivity contribution is 5.37. The molecule has 2 nitrogen and oxygen atoms in total. The van der Waals surface area contributed by atoms with Crippen LogP contribution in [-0.4, -0.2) is 7.05 Å². The SMILES string of the molecule is Cc1cc(C)cc([NH+](C)[O-])c1. The standard InChI is InChI=1S/C9H13NO/c1-7-4-8(2)6-9(5-7)10(3)11/h4-6,10H,1-3H3. The number of benzene rings is 1. The number of quaternary nitrogens is 1. The predicted molar refractivity (Wildman–Crippen MR) is 45.8 cm³/mol. The summed E-state index contributed by atoms with van der Waals surface area (Å²) in [6.07, 6.45) is 0. The molecule has 1 rings (SSSR count). The molecule has 0 aromatic heterocycles. The van der Waals surface area contributed by atoms with E-state index in [9.17, 15) is 5.21 Å². The molecule has 0 aliphatic heterocycles. The highest BCUT2D eigenvalue weighted by Gasteiger charge is 1.97. The Hall–Kier alpha value is -0.860. The molecule has 0 spiro atoms. The van der Waals surface area contributed by atoms with Crippen molar-refractivity contribution < 1.29 is 5.06 Å². The Balaban J connectivity index is 3.08. The van der Waals surface area contributed by atoms with Crippen molar-refractivity contribution in [3.8, 4) is 0 Å². The van der Waals surface area contributed by atoms with Crippen LogP contribution in [0.15, 0.2) is 18.2 Å². The Bertz CT molecular complexity index is 235. The maximum atomic E-state index is 10.9. The highest BCUT2D eigenvalue weighted by atomic mass is 16.5. The van der Waals surface area contributed by atoms with Gasteiger partial charge in [0.05, 0.1) is 7.05 Å². The fourth-order valence-corrected chi connectivity index (χ4v) is 1.18. The molecule has 0 bridgehead atoms. The number of hydrogen-bond donors (Lipinski definition) is 1. The van der Waals surface area contributed by atoms with Crippen LogP contribution in [0.5, 0.6) is 0 Å². The van der Waals surface area contributed by atoms with E-state index in [-0.39, 0.29) is 5.06 Å². The van der Waals surface area contributed by atoms with Gasteiger partial charge in [-0.15, -0.1) is 0 Å². The van der Waals surface area contributed by atoms with Crippen molar-refractivity contribution in [2.45, 2.75) is 13.8 Å². The third-order valence-electron chi connectivity index (χ3n) is 1.63. The van der Waals surface area contributed by atoms with Crippen molar-refractivity contribution in [2.75, 3.05) is 7.05 Å². The van der Waals surface area contributed by atoms with E-state index in [0.29, 0.717) is 0 Å². The zero-order valence-electron chi connectivity index (χ0n) is 7.14. The molecule has 11 heavy (non-hydrogen) atoms. The van der Waals surface area contributed by atoms with Gasteiger partial charge in [-0.25, -0.2) is 0 Å². The Morgan fingerprint density at radius 1 is 1.09 bits per heavy atom. The van der Waals surface area contributed by atoms with Gasteiger partial charge in [0, 0.05) is 12.1 Å². The van der Waals surface area contributed by atoms with E-state index in [4.69, 9.17) is 0 Å². The summed E-state index contributed by atoms with van der Waals surface area (Å²) >= 11 is 0. The number of aryl methyl sites for hydroxylation is 2. The van der Waals surface area contributed by atoms with Crippen LogP contribution in [0.25, 0.3) is 0 Å². The van der Waals surface area contributed by atoms with Gasteiger partial charge in [-0.1, -0.05) is 6.07 Å². The third-order valence-corrected chi connectivity index (χ3v) is 1.63. The summed E-state index contributed by atoms with van der Waals surface area (Å²) in [7, 11) is 1.59. The lowest BCUT2D eigenvalue weighted by Gasteiger charge is -2.16. The zero-order chi connectivity index (χ0) is 8.43. The number of nitrogens with one attached hydrogen (secondary N) is 1. The summed E-state index contributed by atoms with van der Waals surface area (Å²) in [6, 6.07) is 5.89. The van der Waals surface area contributed by atoms with Crippen molar-refractivity contribution in [1.29, 1.82) is 0 Å². The first-order valence-electron chi connectivity index (χ1n) is 3.69. The molecule has 0 fully saturated rings. The van der Waals surface area contributed by atoms with Gasteiger partial charge in [0.1, 0.15) is 5.69 Å². The van der Waals surface area contributed by atoms with Gasteiger partial charge in [-0.05, 0) is 25.0 Å². The summed E-state index contributed by atoms with van der Waals surface area (Å²) in [5.74, 6) is 0. The molecule has 0 radical (unpaired) electrons. The fourth-order valence-electron chi connectivity index (χ4n) is 1.18. The van der Waals surface area contributed by atoms with E-state index in [2.05, 4.69) is 6.07 Å². The minimum Gasteiger partial charge on any atom is -0.629 e. The van der Waals surface area contributed by atoms with Crippen molar-refractivity contribution in [3.05, 3.63) is 34.5 Å².